The number of anilines is 2. The molecule has 0 aliphatic carbocycles. The average Bonchev–Trinajstić information content (AvgIpc) is 2.32. The van der Waals surface area contributed by atoms with E-state index in [9.17, 15) is 0 Å². The zero-order valence-electron chi connectivity index (χ0n) is 10.0. The fourth-order valence-electron chi connectivity index (χ4n) is 1.78. The van der Waals surface area contributed by atoms with E-state index >= 15 is 0 Å². The van der Waals surface area contributed by atoms with Crippen LogP contribution in [-0.4, -0.2) is 7.05 Å². The average molecular weight is 417 g/mol. The van der Waals surface area contributed by atoms with E-state index in [1.807, 2.05) is 12.1 Å². The van der Waals surface area contributed by atoms with Crippen molar-refractivity contribution < 1.29 is 0 Å². The number of nitrogen functional groups attached to an aromatic ring is 1. The summed E-state index contributed by atoms with van der Waals surface area (Å²) in [6.45, 7) is 0.882. The van der Waals surface area contributed by atoms with Gasteiger partial charge in [0.05, 0.1) is 5.69 Å². The van der Waals surface area contributed by atoms with E-state index in [4.69, 9.17) is 5.73 Å². The van der Waals surface area contributed by atoms with E-state index in [2.05, 4.69) is 80.8 Å². The minimum absolute atomic E-state index is 0.806. The molecule has 2 nitrogen and oxygen atoms in total. The van der Waals surface area contributed by atoms with Gasteiger partial charge in [0.15, 0.2) is 0 Å². The van der Waals surface area contributed by atoms with Crippen LogP contribution in [0.15, 0.2) is 46.9 Å². The molecule has 0 bridgehead atoms. The Morgan fingerprint density at radius 3 is 2.44 bits per heavy atom. The van der Waals surface area contributed by atoms with Gasteiger partial charge in [-0.1, -0.05) is 28.1 Å². The molecule has 0 amide bonds. The lowest BCUT2D eigenvalue weighted by atomic mass is 10.2. The highest BCUT2D eigenvalue weighted by molar-refractivity contribution is 14.1. The third kappa shape index (κ3) is 3.38. The van der Waals surface area contributed by atoms with Gasteiger partial charge < -0.3 is 10.6 Å². The van der Waals surface area contributed by atoms with Gasteiger partial charge in [0, 0.05) is 27.3 Å². The van der Waals surface area contributed by atoms with Crippen LogP contribution < -0.4 is 10.6 Å². The molecule has 0 saturated carbocycles. The van der Waals surface area contributed by atoms with Gasteiger partial charge in [-0.25, -0.2) is 0 Å². The van der Waals surface area contributed by atoms with Crippen LogP contribution in [0.1, 0.15) is 5.56 Å². The summed E-state index contributed by atoms with van der Waals surface area (Å²) in [5.74, 6) is 0. The Labute approximate surface area is 129 Å². The predicted octanol–water partition coefficient (Wildman–Crippen LogP) is 4.27. The normalized spacial score (nSPS) is 10.4. The predicted molar refractivity (Wildman–Crippen MR) is 89.8 cm³/mol. The van der Waals surface area contributed by atoms with Gasteiger partial charge in [-0.2, -0.15) is 0 Å². The summed E-state index contributed by atoms with van der Waals surface area (Å²) in [5, 5.41) is 0. The van der Waals surface area contributed by atoms with Crippen molar-refractivity contribution in [2.75, 3.05) is 17.7 Å². The molecule has 0 fully saturated rings. The molecule has 0 unspecified atom stereocenters. The van der Waals surface area contributed by atoms with Crippen molar-refractivity contribution in [2.45, 2.75) is 6.54 Å². The van der Waals surface area contributed by atoms with Gasteiger partial charge in [-0.3, -0.25) is 0 Å². The van der Waals surface area contributed by atoms with Crippen molar-refractivity contribution in [3.63, 3.8) is 0 Å². The second-order valence-electron chi connectivity index (χ2n) is 4.19. The zero-order valence-corrected chi connectivity index (χ0v) is 13.8. The van der Waals surface area contributed by atoms with E-state index in [0.717, 1.165) is 16.7 Å². The van der Waals surface area contributed by atoms with Crippen molar-refractivity contribution in [1.29, 1.82) is 0 Å². The number of hydrogen-bond donors (Lipinski definition) is 1. The second-order valence-corrected chi connectivity index (χ2v) is 6.27. The first-order chi connectivity index (χ1) is 8.56. The Morgan fingerprint density at radius 2 is 1.83 bits per heavy atom. The minimum Gasteiger partial charge on any atom is -0.399 e. The van der Waals surface area contributed by atoms with Crippen LogP contribution in [-0.2, 0) is 6.54 Å². The number of halogens is 2. The summed E-state index contributed by atoms with van der Waals surface area (Å²) in [6, 6.07) is 14.4. The third-order valence-corrected chi connectivity index (χ3v) is 4.11. The number of benzene rings is 2. The second kappa shape index (κ2) is 5.93. The van der Waals surface area contributed by atoms with Crippen LogP contribution in [0.3, 0.4) is 0 Å². The van der Waals surface area contributed by atoms with Gasteiger partial charge in [0.25, 0.3) is 0 Å². The number of hydrogen-bond acceptors (Lipinski definition) is 2. The molecule has 94 valence electrons. The summed E-state index contributed by atoms with van der Waals surface area (Å²) in [4.78, 5) is 2.23. The first kappa shape index (κ1) is 13.7. The van der Waals surface area contributed by atoms with Gasteiger partial charge in [0.1, 0.15) is 0 Å². The molecule has 18 heavy (non-hydrogen) atoms. The summed E-state index contributed by atoms with van der Waals surface area (Å²) in [6.07, 6.45) is 0. The molecule has 0 aliphatic rings. The molecule has 0 aliphatic heterocycles. The molecule has 0 atom stereocenters. The quantitative estimate of drug-likeness (QED) is 0.597. The molecule has 2 N–H and O–H groups in total. The van der Waals surface area contributed by atoms with Crippen LogP contribution in [0.4, 0.5) is 11.4 Å². The molecular weight excluding hydrogens is 403 g/mol. The molecular formula is C14H14BrIN2. The fraction of sp³-hybridized carbons (Fsp3) is 0.143. The molecule has 0 spiro atoms. The lowest BCUT2D eigenvalue weighted by Gasteiger charge is -2.21. The standard InChI is InChI=1S/C14H14BrIN2/c1-18(9-10-2-4-11(15)5-3-10)14-7-6-12(17)8-13(14)16/h2-8H,9,17H2,1H3. The topological polar surface area (TPSA) is 29.3 Å². The SMILES string of the molecule is CN(Cc1ccc(Br)cc1)c1ccc(N)cc1I. The molecule has 0 heterocycles. The van der Waals surface area contributed by atoms with E-state index in [-0.39, 0.29) is 0 Å². The van der Waals surface area contributed by atoms with Crippen molar-refractivity contribution in [3.8, 4) is 0 Å². The molecule has 4 heteroatoms. The van der Waals surface area contributed by atoms with E-state index in [1.165, 1.54) is 14.8 Å². The van der Waals surface area contributed by atoms with Crippen molar-refractivity contribution in [3.05, 3.63) is 56.1 Å². The molecule has 0 aromatic heterocycles. The third-order valence-electron chi connectivity index (χ3n) is 2.72. The zero-order chi connectivity index (χ0) is 13.1. The summed E-state index contributed by atoms with van der Waals surface area (Å²) in [5.41, 5.74) is 9.06. The summed E-state index contributed by atoms with van der Waals surface area (Å²) in [7, 11) is 2.09. The highest BCUT2D eigenvalue weighted by atomic mass is 127. The maximum Gasteiger partial charge on any atom is 0.0503 e. The molecule has 2 rings (SSSR count). The van der Waals surface area contributed by atoms with Crippen molar-refractivity contribution in [2.24, 2.45) is 0 Å². The Morgan fingerprint density at radius 1 is 1.17 bits per heavy atom. The Bertz CT molecular complexity index is 540. The van der Waals surface area contributed by atoms with Crippen LogP contribution in [0.25, 0.3) is 0 Å². The van der Waals surface area contributed by atoms with Crippen molar-refractivity contribution in [1.82, 2.24) is 0 Å². The molecule has 2 aromatic carbocycles. The Kier molecular flexibility index (Phi) is 4.50. The maximum atomic E-state index is 5.77. The van der Waals surface area contributed by atoms with Gasteiger partial charge >= 0.3 is 0 Å². The summed E-state index contributed by atoms with van der Waals surface area (Å²) < 4.78 is 2.28. The smallest absolute Gasteiger partial charge is 0.0503 e. The summed E-state index contributed by atoms with van der Waals surface area (Å²) >= 11 is 5.77. The van der Waals surface area contributed by atoms with Crippen LogP contribution >= 0.6 is 38.5 Å². The van der Waals surface area contributed by atoms with Crippen LogP contribution in [0.2, 0.25) is 0 Å². The van der Waals surface area contributed by atoms with Crippen LogP contribution in [0, 0.1) is 3.57 Å². The minimum atomic E-state index is 0.806. The lowest BCUT2D eigenvalue weighted by molar-refractivity contribution is 0.919. The van der Waals surface area contributed by atoms with E-state index < -0.39 is 0 Å². The molecule has 2 aromatic rings. The number of rotatable bonds is 3. The fourth-order valence-corrected chi connectivity index (χ4v) is 3.00. The van der Waals surface area contributed by atoms with E-state index in [1.54, 1.807) is 0 Å². The first-order valence-corrected chi connectivity index (χ1v) is 7.44. The Balaban J connectivity index is 2.16. The maximum absolute atomic E-state index is 5.77. The Hall–Kier alpha value is -0.750. The first-order valence-electron chi connectivity index (χ1n) is 5.57. The van der Waals surface area contributed by atoms with Crippen molar-refractivity contribution >= 4 is 49.9 Å². The largest absolute Gasteiger partial charge is 0.399 e. The molecule has 0 radical (unpaired) electrons. The highest BCUT2D eigenvalue weighted by Crippen LogP contribution is 2.25. The lowest BCUT2D eigenvalue weighted by Crippen LogP contribution is -2.17. The van der Waals surface area contributed by atoms with E-state index in [0.29, 0.717) is 0 Å². The highest BCUT2D eigenvalue weighted by Gasteiger charge is 2.06. The van der Waals surface area contributed by atoms with Gasteiger partial charge in [0.2, 0.25) is 0 Å². The van der Waals surface area contributed by atoms with Crippen LogP contribution in [0.5, 0.6) is 0 Å². The number of nitrogens with two attached hydrogens (primary N) is 1. The number of nitrogens with zero attached hydrogens (tertiary/aromatic N) is 1. The molecule has 0 saturated heterocycles. The van der Waals surface area contributed by atoms with Gasteiger partial charge in [-0.15, -0.1) is 0 Å². The van der Waals surface area contributed by atoms with Gasteiger partial charge in [-0.05, 0) is 58.5 Å². The monoisotopic (exact) mass is 416 g/mol.